The van der Waals surface area contributed by atoms with E-state index in [9.17, 15) is 4.79 Å². The van der Waals surface area contributed by atoms with Crippen LogP contribution in [0.3, 0.4) is 0 Å². The lowest BCUT2D eigenvalue weighted by molar-refractivity contribution is -0.132. The van der Waals surface area contributed by atoms with Crippen molar-refractivity contribution in [3.05, 3.63) is 0 Å². The number of carbonyl (C=O) groups excluding carboxylic acids is 1. The standard InChI is InChI=1S/C13H26N2O2/c1-11(2)10-15(7-8-17-3)13(16)9-12-5-4-6-14-12/h11-12,14H,4-10H2,1-3H3. The minimum atomic E-state index is 0.259. The quantitative estimate of drug-likeness (QED) is 0.731. The van der Waals surface area contributed by atoms with Crippen LogP contribution in [0.5, 0.6) is 0 Å². The Kier molecular flexibility index (Phi) is 6.52. The van der Waals surface area contributed by atoms with Crippen LogP contribution in [0.2, 0.25) is 0 Å². The molecule has 0 aromatic heterocycles. The van der Waals surface area contributed by atoms with Gasteiger partial charge in [0.1, 0.15) is 0 Å². The number of hydrogen-bond acceptors (Lipinski definition) is 3. The summed E-state index contributed by atoms with van der Waals surface area (Å²) in [6.45, 7) is 7.49. The summed E-state index contributed by atoms with van der Waals surface area (Å²) in [5.74, 6) is 0.766. The minimum Gasteiger partial charge on any atom is -0.383 e. The Hall–Kier alpha value is -0.610. The van der Waals surface area contributed by atoms with Gasteiger partial charge in [-0.2, -0.15) is 0 Å². The molecule has 0 aromatic carbocycles. The summed E-state index contributed by atoms with van der Waals surface area (Å²) < 4.78 is 5.06. The van der Waals surface area contributed by atoms with Gasteiger partial charge in [-0.15, -0.1) is 0 Å². The predicted molar refractivity (Wildman–Crippen MR) is 68.9 cm³/mol. The Labute approximate surface area is 105 Å². The molecule has 1 unspecified atom stereocenters. The largest absolute Gasteiger partial charge is 0.383 e. The molecule has 4 heteroatoms. The Morgan fingerprint density at radius 1 is 1.53 bits per heavy atom. The van der Waals surface area contributed by atoms with Crippen molar-refractivity contribution in [2.45, 2.75) is 39.2 Å². The first-order chi connectivity index (χ1) is 8.13. The van der Waals surface area contributed by atoms with E-state index in [0.717, 1.165) is 19.5 Å². The Morgan fingerprint density at radius 3 is 2.82 bits per heavy atom. The molecule has 0 saturated carbocycles. The third-order valence-corrected chi connectivity index (χ3v) is 3.09. The lowest BCUT2D eigenvalue weighted by Crippen LogP contribution is -2.39. The number of nitrogens with zero attached hydrogens (tertiary/aromatic N) is 1. The zero-order chi connectivity index (χ0) is 12.7. The van der Waals surface area contributed by atoms with E-state index in [2.05, 4.69) is 19.2 Å². The highest BCUT2D eigenvalue weighted by molar-refractivity contribution is 5.76. The molecule has 0 radical (unpaired) electrons. The molecule has 1 heterocycles. The van der Waals surface area contributed by atoms with Crippen molar-refractivity contribution in [1.82, 2.24) is 10.2 Å². The molecule has 1 rings (SSSR count). The monoisotopic (exact) mass is 242 g/mol. The molecule has 0 spiro atoms. The van der Waals surface area contributed by atoms with Gasteiger partial charge in [0, 0.05) is 32.7 Å². The van der Waals surface area contributed by atoms with Gasteiger partial charge in [-0.1, -0.05) is 13.8 Å². The summed E-state index contributed by atoms with van der Waals surface area (Å²) >= 11 is 0. The highest BCUT2D eigenvalue weighted by atomic mass is 16.5. The number of ether oxygens (including phenoxy) is 1. The molecule has 1 aliphatic heterocycles. The number of amides is 1. The summed E-state index contributed by atoms with van der Waals surface area (Å²) in [4.78, 5) is 14.1. The van der Waals surface area contributed by atoms with Crippen LogP contribution >= 0.6 is 0 Å². The lowest BCUT2D eigenvalue weighted by atomic mass is 10.1. The van der Waals surface area contributed by atoms with Crippen molar-refractivity contribution < 1.29 is 9.53 Å². The fraction of sp³-hybridized carbons (Fsp3) is 0.923. The molecule has 1 N–H and O–H groups in total. The average molecular weight is 242 g/mol. The lowest BCUT2D eigenvalue weighted by Gasteiger charge is -2.25. The first-order valence-corrected chi connectivity index (χ1v) is 6.63. The summed E-state index contributed by atoms with van der Waals surface area (Å²) in [7, 11) is 1.68. The smallest absolute Gasteiger partial charge is 0.224 e. The maximum absolute atomic E-state index is 12.2. The van der Waals surface area contributed by atoms with Crippen LogP contribution in [-0.2, 0) is 9.53 Å². The van der Waals surface area contributed by atoms with Gasteiger partial charge < -0.3 is 15.0 Å². The molecule has 0 aliphatic carbocycles. The van der Waals surface area contributed by atoms with Gasteiger partial charge in [-0.05, 0) is 25.3 Å². The molecule has 1 atom stereocenters. The molecule has 1 saturated heterocycles. The number of hydrogen-bond donors (Lipinski definition) is 1. The van der Waals surface area contributed by atoms with Crippen molar-refractivity contribution in [2.75, 3.05) is 33.4 Å². The number of rotatable bonds is 7. The van der Waals surface area contributed by atoms with Gasteiger partial charge in [0.2, 0.25) is 5.91 Å². The topological polar surface area (TPSA) is 41.6 Å². The van der Waals surface area contributed by atoms with Gasteiger partial charge in [-0.3, -0.25) is 4.79 Å². The summed E-state index contributed by atoms with van der Waals surface area (Å²) in [5.41, 5.74) is 0. The molecular weight excluding hydrogens is 216 g/mol. The summed E-state index contributed by atoms with van der Waals surface area (Å²) in [6, 6.07) is 0.389. The van der Waals surface area contributed by atoms with Gasteiger partial charge in [-0.25, -0.2) is 0 Å². The van der Waals surface area contributed by atoms with E-state index in [0.29, 0.717) is 31.5 Å². The first-order valence-electron chi connectivity index (χ1n) is 6.63. The Bertz CT molecular complexity index is 225. The SMILES string of the molecule is COCCN(CC(C)C)C(=O)CC1CCCN1. The summed E-state index contributed by atoms with van der Waals surface area (Å²) in [6.07, 6.45) is 2.96. The van der Waals surface area contributed by atoms with Gasteiger partial charge in [0.15, 0.2) is 0 Å². The van der Waals surface area contributed by atoms with Crippen molar-refractivity contribution in [2.24, 2.45) is 5.92 Å². The highest BCUT2D eigenvalue weighted by Gasteiger charge is 2.21. The average Bonchev–Trinajstić information content (AvgIpc) is 2.76. The van der Waals surface area contributed by atoms with E-state index in [-0.39, 0.29) is 5.91 Å². The van der Waals surface area contributed by atoms with Crippen LogP contribution in [0.4, 0.5) is 0 Å². The molecule has 17 heavy (non-hydrogen) atoms. The van der Waals surface area contributed by atoms with E-state index in [4.69, 9.17) is 4.74 Å². The molecular formula is C13H26N2O2. The van der Waals surface area contributed by atoms with Crippen LogP contribution in [-0.4, -0.2) is 50.2 Å². The predicted octanol–water partition coefficient (Wildman–Crippen LogP) is 1.26. The third kappa shape index (κ3) is 5.50. The molecule has 1 aliphatic rings. The molecule has 100 valence electrons. The van der Waals surface area contributed by atoms with Crippen molar-refractivity contribution >= 4 is 5.91 Å². The van der Waals surface area contributed by atoms with Crippen molar-refractivity contribution in [1.29, 1.82) is 0 Å². The van der Waals surface area contributed by atoms with E-state index in [1.54, 1.807) is 7.11 Å². The van der Waals surface area contributed by atoms with E-state index in [1.165, 1.54) is 6.42 Å². The third-order valence-electron chi connectivity index (χ3n) is 3.09. The van der Waals surface area contributed by atoms with Gasteiger partial charge in [0.25, 0.3) is 0 Å². The van der Waals surface area contributed by atoms with Gasteiger partial charge in [0.05, 0.1) is 6.61 Å². The maximum Gasteiger partial charge on any atom is 0.224 e. The number of nitrogens with one attached hydrogen (secondary N) is 1. The maximum atomic E-state index is 12.2. The molecule has 1 fully saturated rings. The van der Waals surface area contributed by atoms with E-state index < -0.39 is 0 Å². The van der Waals surface area contributed by atoms with Crippen LogP contribution in [0.1, 0.15) is 33.1 Å². The van der Waals surface area contributed by atoms with Crippen molar-refractivity contribution in [3.8, 4) is 0 Å². The van der Waals surface area contributed by atoms with E-state index >= 15 is 0 Å². The zero-order valence-electron chi connectivity index (χ0n) is 11.4. The van der Waals surface area contributed by atoms with Crippen LogP contribution in [0, 0.1) is 5.92 Å². The number of carbonyl (C=O) groups is 1. The first kappa shape index (κ1) is 14.5. The number of methoxy groups -OCH3 is 1. The van der Waals surface area contributed by atoms with Crippen molar-refractivity contribution in [3.63, 3.8) is 0 Å². The second-order valence-electron chi connectivity index (χ2n) is 5.22. The van der Waals surface area contributed by atoms with Crippen LogP contribution in [0.25, 0.3) is 0 Å². The molecule has 1 amide bonds. The fourth-order valence-electron chi connectivity index (χ4n) is 2.23. The summed E-state index contributed by atoms with van der Waals surface area (Å²) in [5, 5.41) is 3.37. The molecule has 0 bridgehead atoms. The minimum absolute atomic E-state index is 0.259. The Morgan fingerprint density at radius 2 is 2.29 bits per heavy atom. The van der Waals surface area contributed by atoms with Crippen LogP contribution in [0.15, 0.2) is 0 Å². The molecule has 0 aromatic rings. The Balaban J connectivity index is 2.39. The highest BCUT2D eigenvalue weighted by Crippen LogP contribution is 2.11. The molecule has 4 nitrogen and oxygen atoms in total. The second kappa shape index (κ2) is 7.67. The zero-order valence-corrected chi connectivity index (χ0v) is 11.4. The second-order valence-corrected chi connectivity index (χ2v) is 5.22. The van der Waals surface area contributed by atoms with Crippen LogP contribution < -0.4 is 5.32 Å². The van der Waals surface area contributed by atoms with Gasteiger partial charge >= 0.3 is 0 Å². The normalized spacial score (nSPS) is 19.9. The fourth-order valence-corrected chi connectivity index (χ4v) is 2.23. The van der Waals surface area contributed by atoms with E-state index in [1.807, 2.05) is 4.90 Å².